The minimum Gasteiger partial charge on any atom is -0.393 e. The first-order valence-corrected chi connectivity index (χ1v) is 10.3. The number of anilines is 1. The average molecular weight is 439 g/mol. The number of aliphatic hydroxyl groups excluding tert-OH is 1. The van der Waals surface area contributed by atoms with Crippen LogP contribution in [0.3, 0.4) is 0 Å². The number of rotatable bonds is 5. The van der Waals surface area contributed by atoms with Gasteiger partial charge in [0.25, 0.3) is 0 Å². The first-order chi connectivity index (χ1) is 13.8. The molecule has 5 nitrogen and oxygen atoms in total. The van der Waals surface area contributed by atoms with Crippen molar-refractivity contribution in [3.63, 3.8) is 0 Å². The van der Waals surface area contributed by atoms with Crippen molar-refractivity contribution in [1.29, 1.82) is 0 Å². The summed E-state index contributed by atoms with van der Waals surface area (Å²) in [4.78, 5) is 6.26. The Morgan fingerprint density at radius 2 is 2.00 bits per heavy atom. The van der Waals surface area contributed by atoms with Crippen molar-refractivity contribution in [2.75, 3.05) is 18.0 Å². The van der Waals surface area contributed by atoms with Crippen LogP contribution in [0.25, 0.3) is 0 Å². The first-order valence-electron chi connectivity index (χ1n) is 9.56. The molecule has 1 unspecified atom stereocenters. The summed E-state index contributed by atoms with van der Waals surface area (Å²) in [6.07, 6.45) is 1.02. The van der Waals surface area contributed by atoms with Crippen LogP contribution in [0, 0.1) is 5.82 Å². The molecule has 8 heteroatoms. The summed E-state index contributed by atoms with van der Waals surface area (Å²) < 4.78 is 14.5. The normalized spacial score (nSPS) is 16.7. The maximum atomic E-state index is 14.5. The van der Waals surface area contributed by atoms with Crippen LogP contribution in [-0.4, -0.2) is 30.3 Å². The highest BCUT2D eigenvalue weighted by Gasteiger charge is 2.19. The van der Waals surface area contributed by atoms with E-state index in [4.69, 9.17) is 28.9 Å². The highest BCUT2D eigenvalue weighted by atomic mass is 35.5. The molecule has 0 bridgehead atoms. The van der Waals surface area contributed by atoms with Crippen molar-refractivity contribution in [1.82, 2.24) is 5.32 Å². The van der Waals surface area contributed by atoms with Crippen LogP contribution in [0.4, 0.5) is 10.1 Å². The van der Waals surface area contributed by atoms with Crippen molar-refractivity contribution in [2.24, 2.45) is 10.7 Å². The summed E-state index contributed by atoms with van der Waals surface area (Å²) in [7, 11) is 0. The van der Waals surface area contributed by atoms with Crippen molar-refractivity contribution >= 4 is 34.8 Å². The number of guanidine groups is 1. The van der Waals surface area contributed by atoms with Gasteiger partial charge in [-0.2, -0.15) is 0 Å². The van der Waals surface area contributed by atoms with E-state index in [-0.39, 0.29) is 30.5 Å². The first kappa shape index (κ1) is 21.7. The average Bonchev–Trinajstić information content (AvgIpc) is 2.67. The van der Waals surface area contributed by atoms with Gasteiger partial charge in [-0.05, 0) is 55.2 Å². The molecule has 156 valence electrons. The highest BCUT2D eigenvalue weighted by Crippen LogP contribution is 2.26. The molecule has 1 fully saturated rings. The summed E-state index contributed by atoms with van der Waals surface area (Å²) in [5, 5.41) is 13.8. The monoisotopic (exact) mass is 438 g/mol. The van der Waals surface area contributed by atoms with Gasteiger partial charge in [-0.15, -0.1) is 0 Å². The van der Waals surface area contributed by atoms with E-state index in [1.165, 1.54) is 6.07 Å². The van der Waals surface area contributed by atoms with Gasteiger partial charge in [0.1, 0.15) is 5.82 Å². The molecule has 0 aliphatic carbocycles. The van der Waals surface area contributed by atoms with Crippen molar-refractivity contribution < 1.29 is 9.50 Å². The molecule has 3 rings (SSSR count). The maximum Gasteiger partial charge on any atom is 0.189 e. The zero-order valence-corrected chi connectivity index (χ0v) is 17.7. The summed E-state index contributed by atoms with van der Waals surface area (Å²) in [5.41, 5.74) is 8.12. The Hall–Kier alpha value is -2.02. The zero-order valence-electron chi connectivity index (χ0n) is 16.2. The molecule has 2 aromatic rings. The number of benzene rings is 2. The molecule has 4 N–H and O–H groups in total. The molecule has 29 heavy (non-hydrogen) atoms. The fourth-order valence-corrected chi connectivity index (χ4v) is 3.96. The smallest absolute Gasteiger partial charge is 0.189 e. The van der Waals surface area contributed by atoms with Gasteiger partial charge < -0.3 is 21.1 Å². The van der Waals surface area contributed by atoms with Gasteiger partial charge in [0, 0.05) is 23.1 Å². The van der Waals surface area contributed by atoms with Gasteiger partial charge in [0.05, 0.1) is 24.4 Å². The number of aliphatic imine (C=N–C) groups is 1. The van der Waals surface area contributed by atoms with Crippen LogP contribution in [0.1, 0.15) is 36.9 Å². The Kier molecular flexibility index (Phi) is 7.22. The molecule has 1 heterocycles. The number of hydrogen-bond acceptors (Lipinski definition) is 3. The predicted molar refractivity (Wildman–Crippen MR) is 117 cm³/mol. The van der Waals surface area contributed by atoms with E-state index in [0.29, 0.717) is 41.7 Å². The molecule has 1 saturated heterocycles. The van der Waals surface area contributed by atoms with Gasteiger partial charge in [0.15, 0.2) is 5.96 Å². The fourth-order valence-electron chi connectivity index (χ4n) is 3.39. The number of piperidine rings is 1. The summed E-state index contributed by atoms with van der Waals surface area (Å²) >= 11 is 12.1. The number of nitrogens with two attached hydrogens (primary N) is 1. The van der Waals surface area contributed by atoms with Crippen molar-refractivity contribution in [3.8, 4) is 0 Å². The predicted octanol–water partition coefficient (Wildman–Crippen LogP) is 4.26. The van der Waals surface area contributed by atoms with Gasteiger partial charge in [-0.1, -0.05) is 35.3 Å². The van der Waals surface area contributed by atoms with E-state index >= 15 is 0 Å². The molecule has 0 radical (unpaired) electrons. The second-order valence-corrected chi connectivity index (χ2v) is 8.08. The minimum absolute atomic E-state index is 0.155. The van der Waals surface area contributed by atoms with Crippen LogP contribution in [0.2, 0.25) is 10.0 Å². The molecule has 1 aliphatic heterocycles. The highest BCUT2D eigenvalue weighted by molar-refractivity contribution is 6.35. The molecule has 1 aliphatic rings. The quantitative estimate of drug-likeness (QED) is 0.481. The van der Waals surface area contributed by atoms with Crippen LogP contribution in [-0.2, 0) is 6.54 Å². The lowest BCUT2D eigenvalue weighted by atomic mass is 10.1. The van der Waals surface area contributed by atoms with Crippen LogP contribution < -0.4 is 16.0 Å². The van der Waals surface area contributed by atoms with Gasteiger partial charge in [-0.25, -0.2) is 9.38 Å². The lowest BCUT2D eigenvalue weighted by Crippen LogP contribution is -2.36. The Morgan fingerprint density at radius 1 is 1.28 bits per heavy atom. The Balaban J connectivity index is 1.60. The SMILES string of the molecule is CC(NC(N)=NCc1ccc(N2CCC(O)CC2)c(F)c1)c1ccc(Cl)cc1Cl. The Bertz CT molecular complexity index is 885. The van der Waals surface area contributed by atoms with Crippen molar-refractivity contribution in [3.05, 3.63) is 63.4 Å². The largest absolute Gasteiger partial charge is 0.393 e. The number of nitrogens with zero attached hydrogens (tertiary/aromatic N) is 2. The molecule has 0 saturated carbocycles. The fraction of sp³-hybridized carbons (Fsp3) is 0.381. The van der Waals surface area contributed by atoms with E-state index in [9.17, 15) is 9.50 Å². The number of aliphatic hydroxyl groups is 1. The van der Waals surface area contributed by atoms with E-state index in [0.717, 1.165) is 11.1 Å². The zero-order chi connectivity index (χ0) is 21.0. The van der Waals surface area contributed by atoms with E-state index in [1.54, 1.807) is 18.2 Å². The van der Waals surface area contributed by atoms with Gasteiger partial charge in [-0.3, -0.25) is 0 Å². The summed E-state index contributed by atoms with van der Waals surface area (Å²) in [6, 6.07) is 10.2. The topological polar surface area (TPSA) is 73.9 Å². The third kappa shape index (κ3) is 5.75. The molecule has 1 atom stereocenters. The van der Waals surface area contributed by atoms with E-state index in [1.807, 2.05) is 24.0 Å². The van der Waals surface area contributed by atoms with Crippen LogP contribution in [0.15, 0.2) is 41.4 Å². The van der Waals surface area contributed by atoms with E-state index in [2.05, 4.69) is 10.3 Å². The van der Waals surface area contributed by atoms with Gasteiger partial charge >= 0.3 is 0 Å². The van der Waals surface area contributed by atoms with E-state index < -0.39 is 0 Å². The molecule has 0 spiro atoms. The summed E-state index contributed by atoms with van der Waals surface area (Å²) in [6.45, 7) is 3.48. The second-order valence-electron chi connectivity index (χ2n) is 7.24. The number of nitrogens with one attached hydrogen (secondary N) is 1. The molecule has 0 amide bonds. The molecular weight excluding hydrogens is 414 g/mol. The lowest BCUT2D eigenvalue weighted by molar-refractivity contribution is 0.145. The maximum absolute atomic E-state index is 14.5. The van der Waals surface area contributed by atoms with Crippen LogP contribution >= 0.6 is 23.2 Å². The molecular formula is C21H25Cl2FN4O. The number of halogens is 3. The number of hydrogen-bond donors (Lipinski definition) is 3. The standard InChI is InChI=1S/C21H25Cl2FN4O/c1-13(17-4-3-15(22)11-18(17)23)27-21(25)26-12-14-2-5-20(19(24)10-14)28-8-6-16(29)7-9-28/h2-5,10-11,13,16,29H,6-9,12H2,1H3,(H3,25,26,27). The Morgan fingerprint density at radius 3 is 2.66 bits per heavy atom. The molecule has 0 aromatic heterocycles. The van der Waals surface area contributed by atoms with Gasteiger partial charge in [0.2, 0.25) is 0 Å². The van der Waals surface area contributed by atoms with Crippen LogP contribution in [0.5, 0.6) is 0 Å². The third-order valence-corrected chi connectivity index (χ3v) is 5.61. The molecule has 2 aromatic carbocycles. The Labute approximate surface area is 180 Å². The summed E-state index contributed by atoms with van der Waals surface area (Å²) in [5.74, 6) is -0.0417. The minimum atomic E-state index is -0.290. The third-order valence-electron chi connectivity index (χ3n) is 5.04. The lowest BCUT2D eigenvalue weighted by Gasteiger charge is -2.31. The second kappa shape index (κ2) is 9.65. The van der Waals surface area contributed by atoms with Crippen molar-refractivity contribution in [2.45, 2.75) is 38.5 Å².